The van der Waals surface area contributed by atoms with Gasteiger partial charge in [0.25, 0.3) is 0 Å². The molecular weight excluding hydrogens is 184 g/mol. The standard InChI is InChI=1S/C10H14O4/c11-9(12)7-3-1-2-4-8(6-5-7)10(13)14/h1,3,7-8H,2,4-6H2,(H,11,12)(H,13,14). The van der Waals surface area contributed by atoms with Crippen molar-refractivity contribution in [2.75, 3.05) is 0 Å². The molecule has 0 aromatic heterocycles. The molecular formula is C10H14O4. The maximum absolute atomic E-state index is 10.7. The van der Waals surface area contributed by atoms with Crippen LogP contribution in [0.25, 0.3) is 0 Å². The second kappa shape index (κ2) is 4.79. The molecule has 0 aromatic carbocycles. The van der Waals surface area contributed by atoms with E-state index in [9.17, 15) is 9.59 Å². The highest BCUT2D eigenvalue weighted by Crippen LogP contribution is 2.22. The number of aliphatic carboxylic acids is 2. The summed E-state index contributed by atoms with van der Waals surface area (Å²) >= 11 is 0. The molecule has 0 aliphatic heterocycles. The summed E-state index contributed by atoms with van der Waals surface area (Å²) in [4.78, 5) is 21.4. The first kappa shape index (κ1) is 10.8. The highest BCUT2D eigenvalue weighted by Gasteiger charge is 2.22. The van der Waals surface area contributed by atoms with Gasteiger partial charge < -0.3 is 10.2 Å². The fourth-order valence-electron chi connectivity index (χ4n) is 1.63. The zero-order chi connectivity index (χ0) is 10.6. The Morgan fingerprint density at radius 2 is 1.79 bits per heavy atom. The van der Waals surface area contributed by atoms with Gasteiger partial charge >= 0.3 is 11.9 Å². The highest BCUT2D eigenvalue weighted by atomic mass is 16.4. The molecule has 0 bridgehead atoms. The summed E-state index contributed by atoms with van der Waals surface area (Å²) in [6, 6.07) is 0. The van der Waals surface area contributed by atoms with Crippen molar-refractivity contribution in [2.24, 2.45) is 11.8 Å². The number of carbonyl (C=O) groups is 2. The highest BCUT2D eigenvalue weighted by molar-refractivity contribution is 5.73. The zero-order valence-corrected chi connectivity index (χ0v) is 7.85. The van der Waals surface area contributed by atoms with Crippen molar-refractivity contribution in [3.63, 3.8) is 0 Å². The number of allylic oxidation sites excluding steroid dienone is 1. The number of rotatable bonds is 2. The minimum absolute atomic E-state index is 0.387. The minimum atomic E-state index is -0.868. The lowest BCUT2D eigenvalue weighted by Crippen LogP contribution is -2.19. The number of carboxylic acid groups (broad SMARTS) is 2. The third-order valence-electron chi connectivity index (χ3n) is 2.54. The van der Waals surface area contributed by atoms with Gasteiger partial charge in [-0.25, -0.2) is 0 Å². The molecule has 1 aliphatic rings. The molecule has 0 aromatic rings. The predicted octanol–water partition coefficient (Wildman–Crippen LogP) is 1.52. The average Bonchev–Trinajstić information content (AvgIpc) is 2.01. The van der Waals surface area contributed by atoms with Gasteiger partial charge in [0, 0.05) is 0 Å². The largest absolute Gasteiger partial charge is 0.481 e. The summed E-state index contributed by atoms with van der Waals surface area (Å²) in [5, 5.41) is 17.6. The van der Waals surface area contributed by atoms with Gasteiger partial charge in [-0.1, -0.05) is 12.2 Å². The molecule has 0 saturated carbocycles. The van der Waals surface area contributed by atoms with E-state index in [0.29, 0.717) is 25.7 Å². The molecule has 4 heteroatoms. The van der Waals surface area contributed by atoms with Gasteiger partial charge in [-0.05, 0) is 25.7 Å². The van der Waals surface area contributed by atoms with Gasteiger partial charge in [0.15, 0.2) is 0 Å². The summed E-state index contributed by atoms with van der Waals surface area (Å²) in [6.07, 6.45) is 5.58. The van der Waals surface area contributed by atoms with E-state index < -0.39 is 17.9 Å². The molecule has 0 heterocycles. The first-order valence-corrected chi connectivity index (χ1v) is 4.73. The average molecular weight is 198 g/mol. The summed E-state index contributed by atoms with van der Waals surface area (Å²) in [7, 11) is 0. The van der Waals surface area contributed by atoms with Crippen LogP contribution in [-0.4, -0.2) is 22.2 Å². The Hall–Kier alpha value is -1.32. The second-order valence-corrected chi connectivity index (χ2v) is 3.56. The van der Waals surface area contributed by atoms with Gasteiger partial charge in [0.1, 0.15) is 0 Å². The van der Waals surface area contributed by atoms with Crippen molar-refractivity contribution in [1.29, 1.82) is 0 Å². The Kier molecular flexibility index (Phi) is 3.68. The van der Waals surface area contributed by atoms with Crippen LogP contribution in [0.15, 0.2) is 12.2 Å². The Morgan fingerprint density at radius 3 is 2.36 bits per heavy atom. The van der Waals surface area contributed by atoms with Crippen molar-refractivity contribution in [2.45, 2.75) is 25.7 Å². The van der Waals surface area contributed by atoms with E-state index in [0.717, 1.165) is 0 Å². The summed E-state index contributed by atoms with van der Waals surface area (Å²) in [5.74, 6) is -2.59. The number of hydrogen-bond donors (Lipinski definition) is 2. The molecule has 0 fully saturated rings. The van der Waals surface area contributed by atoms with Crippen LogP contribution in [0.3, 0.4) is 0 Å². The number of carboxylic acids is 2. The Bertz CT molecular complexity index is 257. The van der Waals surface area contributed by atoms with Gasteiger partial charge in [-0.2, -0.15) is 0 Å². The lowest BCUT2D eigenvalue weighted by molar-refractivity contribution is -0.144. The second-order valence-electron chi connectivity index (χ2n) is 3.56. The maximum Gasteiger partial charge on any atom is 0.310 e. The van der Waals surface area contributed by atoms with Crippen molar-refractivity contribution < 1.29 is 19.8 Å². The molecule has 0 amide bonds. The zero-order valence-electron chi connectivity index (χ0n) is 7.85. The molecule has 2 unspecified atom stereocenters. The molecule has 0 radical (unpaired) electrons. The van der Waals surface area contributed by atoms with Crippen LogP contribution in [-0.2, 0) is 9.59 Å². The fraction of sp³-hybridized carbons (Fsp3) is 0.600. The molecule has 78 valence electrons. The molecule has 1 aliphatic carbocycles. The SMILES string of the molecule is O=C(O)C1C=CCCC(C(=O)O)CC1. The van der Waals surface area contributed by atoms with Gasteiger partial charge in [-0.3, -0.25) is 9.59 Å². The van der Waals surface area contributed by atoms with E-state index in [2.05, 4.69) is 0 Å². The lowest BCUT2D eigenvalue weighted by atomic mass is 9.89. The quantitative estimate of drug-likeness (QED) is 0.659. The van der Waals surface area contributed by atoms with E-state index in [1.54, 1.807) is 12.2 Å². The van der Waals surface area contributed by atoms with Crippen molar-refractivity contribution in [3.8, 4) is 0 Å². The summed E-state index contributed by atoms with van der Waals surface area (Å²) in [6.45, 7) is 0. The third kappa shape index (κ3) is 2.87. The van der Waals surface area contributed by atoms with Gasteiger partial charge in [-0.15, -0.1) is 0 Å². The van der Waals surface area contributed by atoms with E-state index in [4.69, 9.17) is 10.2 Å². The van der Waals surface area contributed by atoms with Crippen LogP contribution in [0.5, 0.6) is 0 Å². The van der Waals surface area contributed by atoms with E-state index in [1.807, 2.05) is 0 Å². The van der Waals surface area contributed by atoms with Crippen LogP contribution in [0.1, 0.15) is 25.7 Å². The van der Waals surface area contributed by atoms with E-state index in [-0.39, 0.29) is 5.92 Å². The summed E-state index contributed by atoms with van der Waals surface area (Å²) in [5.41, 5.74) is 0. The summed E-state index contributed by atoms with van der Waals surface area (Å²) < 4.78 is 0. The number of hydrogen-bond acceptors (Lipinski definition) is 2. The molecule has 2 atom stereocenters. The van der Waals surface area contributed by atoms with Gasteiger partial charge in [0.05, 0.1) is 11.8 Å². The van der Waals surface area contributed by atoms with E-state index >= 15 is 0 Å². The van der Waals surface area contributed by atoms with Crippen LogP contribution in [0, 0.1) is 11.8 Å². The van der Waals surface area contributed by atoms with Crippen molar-refractivity contribution in [1.82, 2.24) is 0 Å². The smallest absolute Gasteiger partial charge is 0.310 e. The normalized spacial score (nSPS) is 27.7. The van der Waals surface area contributed by atoms with Crippen molar-refractivity contribution >= 4 is 11.9 Å². The minimum Gasteiger partial charge on any atom is -0.481 e. The Balaban J connectivity index is 2.60. The topological polar surface area (TPSA) is 74.6 Å². The maximum atomic E-state index is 10.7. The fourth-order valence-corrected chi connectivity index (χ4v) is 1.63. The molecule has 2 N–H and O–H groups in total. The molecule has 0 saturated heterocycles. The Morgan fingerprint density at radius 1 is 1.07 bits per heavy atom. The molecule has 4 nitrogen and oxygen atoms in total. The third-order valence-corrected chi connectivity index (χ3v) is 2.54. The molecule has 14 heavy (non-hydrogen) atoms. The van der Waals surface area contributed by atoms with Crippen LogP contribution in [0.4, 0.5) is 0 Å². The predicted molar refractivity (Wildman–Crippen MR) is 49.9 cm³/mol. The monoisotopic (exact) mass is 198 g/mol. The molecule has 1 rings (SSSR count). The lowest BCUT2D eigenvalue weighted by Gasteiger charge is -2.16. The van der Waals surface area contributed by atoms with Gasteiger partial charge in [0.2, 0.25) is 0 Å². The van der Waals surface area contributed by atoms with E-state index in [1.165, 1.54) is 0 Å². The van der Waals surface area contributed by atoms with Crippen molar-refractivity contribution in [3.05, 3.63) is 12.2 Å². The Labute approximate surface area is 82.2 Å². The van der Waals surface area contributed by atoms with Crippen LogP contribution < -0.4 is 0 Å². The van der Waals surface area contributed by atoms with Crippen LogP contribution >= 0.6 is 0 Å². The first-order valence-electron chi connectivity index (χ1n) is 4.73. The molecule has 0 spiro atoms. The first-order chi connectivity index (χ1) is 6.61. The van der Waals surface area contributed by atoms with Crippen LogP contribution in [0.2, 0.25) is 0 Å².